The number of aromatic nitrogens is 1. The average Bonchev–Trinajstić information content (AvgIpc) is 2.33. The molecule has 0 bridgehead atoms. The second-order valence-corrected chi connectivity index (χ2v) is 4.39. The van der Waals surface area contributed by atoms with Crippen LogP contribution in [-0.2, 0) is 0 Å². The molecule has 0 saturated carbocycles. The van der Waals surface area contributed by atoms with Crippen molar-refractivity contribution in [3.63, 3.8) is 0 Å². The quantitative estimate of drug-likeness (QED) is 0.676. The van der Waals surface area contributed by atoms with Gasteiger partial charge in [0.05, 0.1) is 0 Å². The molecule has 0 aliphatic rings. The molecule has 1 aromatic carbocycles. The minimum Gasteiger partial charge on any atom is -0.436 e. The fourth-order valence-electron chi connectivity index (χ4n) is 1.27. The van der Waals surface area contributed by atoms with E-state index in [4.69, 9.17) is 15.9 Å². The van der Waals surface area contributed by atoms with Crippen LogP contribution in [0.5, 0.6) is 11.6 Å². The molecular weight excluding hydrogens is 301 g/mol. The number of nitrogens with zero attached hydrogens (tertiary/aromatic N) is 1. The summed E-state index contributed by atoms with van der Waals surface area (Å²) < 4.78 is 19.4. The van der Waals surface area contributed by atoms with Crippen molar-refractivity contribution in [2.45, 2.75) is 0 Å². The summed E-state index contributed by atoms with van der Waals surface area (Å²) in [6.07, 6.45) is 1.40. The Kier molecular flexibility index (Phi) is 3.57. The van der Waals surface area contributed by atoms with Gasteiger partial charge in [-0.2, -0.15) is 0 Å². The zero-order valence-electron chi connectivity index (χ0n) is 9.15. The number of nitrogens with two attached hydrogens (primary N) is 1. The number of nitrogens with one attached hydrogen (secondary N) is 1. The van der Waals surface area contributed by atoms with Crippen LogP contribution in [0.15, 0.2) is 41.0 Å². The maximum Gasteiger partial charge on any atom is 0.219 e. The molecule has 3 N–H and O–H groups in total. The van der Waals surface area contributed by atoms with Gasteiger partial charge in [-0.25, -0.2) is 9.37 Å². The third-order valence-electron chi connectivity index (χ3n) is 2.16. The molecule has 0 spiro atoms. The van der Waals surface area contributed by atoms with Gasteiger partial charge in [0, 0.05) is 22.3 Å². The van der Waals surface area contributed by atoms with Gasteiger partial charge in [0.1, 0.15) is 5.84 Å². The smallest absolute Gasteiger partial charge is 0.219 e. The van der Waals surface area contributed by atoms with Crippen molar-refractivity contribution in [1.29, 1.82) is 5.41 Å². The summed E-state index contributed by atoms with van der Waals surface area (Å²) >= 11 is 3.16. The maximum atomic E-state index is 13.5. The number of rotatable bonds is 3. The predicted octanol–water partition coefficient (Wildman–Crippen LogP) is 3.06. The van der Waals surface area contributed by atoms with Gasteiger partial charge in [0.15, 0.2) is 11.6 Å². The maximum absolute atomic E-state index is 13.5. The molecule has 6 heteroatoms. The van der Waals surface area contributed by atoms with Crippen molar-refractivity contribution in [3.05, 3.63) is 52.4 Å². The molecule has 4 nitrogen and oxygen atoms in total. The molecule has 0 radical (unpaired) electrons. The van der Waals surface area contributed by atoms with E-state index in [9.17, 15) is 4.39 Å². The van der Waals surface area contributed by atoms with Crippen LogP contribution >= 0.6 is 15.9 Å². The third-order valence-corrected chi connectivity index (χ3v) is 2.65. The normalized spacial score (nSPS) is 10.1. The van der Waals surface area contributed by atoms with Gasteiger partial charge in [0.25, 0.3) is 0 Å². The number of nitrogen functional groups attached to an aromatic ring is 1. The number of benzene rings is 1. The van der Waals surface area contributed by atoms with Crippen LogP contribution in [0.2, 0.25) is 0 Å². The van der Waals surface area contributed by atoms with E-state index < -0.39 is 5.82 Å². The monoisotopic (exact) mass is 309 g/mol. The van der Waals surface area contributed by atoms with Crippen LogP contribution in [0.25, 0.3) is 0 Å². The Morgan fingerprint density at radius 1 is 1.33 bits per heavy atom. The Morgan fingerprint density at radius 2 is 2.11 bits per heavy atom. The van der Waals surface area contributed by atoms with Gasteiger partial charge in [-0.05, 0) is 24.3 Å². The Balaban J connectivity index is 2.21. The van der Waals surface area contributed by atoms with E-state index in [2.05, 4.69) is 20.9 Å². The molecule has 0 amide bonds. The standard InChI is InChI=1S/C12H9BrFN3O/c13-8-2-3-10(9(14)5-8)18-11-4-1-7(6-17-11)12(15)16/h1-6H,(H3,15,16). The molecule has 0 fully saturated rings. The Labute approximate surface area is 111 Å². The lowest BCUT2D eigenvalue weighted by atomic mass is 10.3. The van der Waals surface area contributed by atoms with Crippen molar-refractivity contribution in [1.82, 2.24) is 4.98 Å². The first-order valence-electron chi connectivity index (χ1n) is 4.99. The molecule has 2 rings (SSSR count). The van der Waals surface area contributed by atoms with E-state index in [-0.39, 0.29) is 17.5 Å². The Hall–Kier alpha value is -1.95. The highest BCUT2D eigenvalue weighted by Gasteiger charge is 2.06. The predicted molar refractivity (Wildman–Crippen MR) is 69.4 cm³/mol. The van der Waals surface area contributed by atoms with Crippen molar-refractivity contribution in [3.8, 4) is 11.6 Å². The first-order chi connectivity index (χ1) is 8.56. The van der Waals surface area contributed by atoms with E-state index in [0.717, 1.165) is 0 Å². The van der Waals surface area contributed by atoms with Gasteiger partial charge < -0.3 is 10.5 Å². The van der Waals surface area contributed by atoms with Crippen molar-refractivity contribution < 1.29 is 9.13 Å². The fourth-order valence-corrected chi connectivity index (χ4v) is 1.60. The summed E-state index contributed by atoms with van der Waals surface area (Å²) in [5.74, 6) is -0.242. The molecular formula is C12H9BrFN3O. The molecule has 1 heterocycles. The van der Waals surface area contributed by atoms with Gasteiger partial charge in [-0.15, -0.1) is 0 Å². The highest BCUT2D eigenvalue weighted by atomic mass is 79.9. The lowest BCUT2D eigenvalue weighted by molar-refractivity contribution is 0.427. The van der Waals surface area contributed by atoms with E-state index in [1.165, 1.54) is 24.4 Å². The number of ether oxygens (including phenoxy) is 1. The first-order valence-corrected chi connectivity index (χ1v) is 5.79. The van der Waals surface area contributed by atoms with Crippen molar-refractivity contribution in [2.24, 2.45) is 5.73 Å². The van der Waals surface area contributed by atoms with Crippen LogP contribution in [0.4, 0.5) is 4.39 Å². The van der Waals surface area contributed by atoms with E-state index in [1.807, 2.05) is 0 Å². The van der Waals surface area contributed by atoms with Crippen LogP contribution in [-0.4, -0.2) is 10.8 Å². The molecule has 1 aromatic heterocycles. The SMILES string of the molecule is N=C(N)c1ccc(Oc2ccc(Br)cc2F)nc1. The van der Waals surface area contributed by atoms with E-state index in [1.54, 1.807) is 12.1 Å². The second kappa shape index (κ2) is 5.14. The molecule has 0 aliphatic carbocycles. The molecule has 92 valence electrons. The average molecular weight is 310 g/mol. The van der Waals surface area contributed by atoms with Crippen LogP contribution in [0.3, 0.4) is 0 Å². The zero-order chi connectivity index (χ0) is 13.1. The highest BCUT2D eigenvalue weighted by molar-refractivity contribution is 9.10. The lowest BCUT2D eigenvalue weighted by Crippen LogP contribution is -2.11. The van der Waals surface area contributed by atoms with Crippen LogP contribution in [0, 0.1) is 11.2 Å². The molecule has 18 heavy (non-hydrogen) atoms. The summed E-state index contributed by atoms with van der Waals surface area (Å²) in [6.45, 7) is 0. The fraction of sp³-hybridized carbons (Fsp3) is 0. The summed E-state index contributed by atoms with van der Waals surface area (Å²) in [7, 11) is 0. The van der Waals surface area contributed by atoms with E-state index >= 15 is 0 Å². The van der Waals surface area contributed by atoms with Gasteiger partial charge in [0.2, 0.25) is 5.88 Å². The minimum atomic E-state index is -0.484. The van der Waals surface area contributed by atoms with Crippen molar-refractivity contribution >= 4 is 21.8 Å². The summed E-state index contributed by atoms with van der Waals surface area (Å²) in [5, 5.41) is 7.22. The van der Waals surface area contributed by atoms with Gasteiger partial charge in [-0.1, -0.05) is 15.9 Å². The molecule has 2 aromatic rings. The van der Waals surface area contributed by atoms with Gasteiger partial charge in [-0.3, -0.25) is 5.41 Å². The van der Waals surface area contributed by atoms with Gasteiger partial charge >= 0.3 is 0 Å². The van der Waals surface area contributed by atoms with Crippen molar-refractivity contribution in [2.75, 3.05) is 0 Å². The Morgan fingerprint density at radius 3 is 2.67 bits per heavy atom. The Bertz CT molecular complexity index is 586. The molecule has 0 saturated heterocycles. The molecule has 0 aliphatic heterocycles. The molecule has 0 unspecified atom stereocenters. The lowest BCUT2D eigenvalue weighted by Gasteiger charge is -2.06. The zero-order valence-corrected chi connectivity index (χ0v) is 10.7. The molecule has 0 atom stereocenters. The number of hydrogen-bond acceptors (Lipinski definition) is 3. The van der Waals surface area contributed by atoms with Crippen LogP contribution < -0.4 is 10.5 Å². The second-order valence-electron chi connectivity index (χ2n) is 3.48. The largest absolute Gasteiger partial charge is 0.436 e. The summed E-state index contributed by atoms with van der Waals surface area (Å²) in [6, 6.07) is 7.58. The topological polar surface area (TPSA) is 72.0 Å². The number of amidine groups is 1. The highest BCUT2D eigenvalue weighted by Crippen LogP contribution is 2.25. The van der Waals surface area contributed by atoms with E-state index in [0.29, 0.717) is 10.0 Å². The number of hydrogen-bond donors (Lipinski definition) is 2. The number of halogens is 2. The minimum absolute atomic E-state index is 0.0797. The van der Waals surface area contributed by atoms with Crippen LogP contribution in [0.1, 0.15) is 5.56 Å². The summed E-state index contributed by atoms with van der Waals surface area (Å²) in [5.41, 5.74) is 5.78. The summed E-state index contributed by atoms with van der Waals surface area (Å²) in [4.78, 5) is 3.94. The first kappa shape index (κ1) is 12.5. The third kappa shape index (κ3) is 2.84. The number of pyridine rings is 1.